The molecule has 3 aromatic rings. The van der Waals surface area contributed by atoms with Gasteiger partial charge in [-0.2, -0.15) is 0 Å². The average Bonchev–Trinajstić information content (AvgIpc) is 2.71. The van der Waals surface area contributed by atoms with Crippen LogP contribution in [0.5, 0.6) is 46.0 Å². The Bertz CT molecular complexity index is 1180. The largest absolute Gasteiger partial charge is 0.508 e. The SMILES string of the molecule is O=C(O[C@@H]1Cc2c(O)cc(O)cc2O[C@@H]1c1cc(O)c(O)c(O)c1)c1cc(O)cc(O)c1. The Morgan fingerprint density at radius 3 is 2.00 bits per heavy atom. The van der Waals surface area contributed by atoms with Crippen LogP contribution in [0.15, 0.2) is 42.5 Å². The minimum Gasteiger partial charge on any atom is -0.508 e. The zero-order chi connectivity index (χ0) is 23.2. The third kappa shape index (κ3) is 3.81. The fourth-order valence-electron chi connectivity index (χ4n) is 3.54. The van der Waals surface area contributed by atoms with E-state index in [4.69, 9.17) is 9.47 Å². The maximum absolute atomic E-state index is 12.7. The Kier molecular flexibility index (Phi) is 4.97. The Balaban J connectivity index is 1.75. The number of ether oxygens (including phenoxy) is 2. The van der Waals surface area contributed by atoms with Crippen LogP contribution in [0.1, 0.15) is 27.6 Å². The van der Waals surface area contributed by atoms with E-state index in [2.05, 4.69) is 0 Å². The number of esters is 1. The quantitative estimate of drug-likeness (QED) is 0.235. The van der Waals surface area contributed by atoms with Crippen molar-refractivity contribution in [3.8, 4) is 46.0 Å². The highest BCUT2D eigenvalue weighted by molar-refractivity contribution is 5.90. The highest BCUT2D eigenvalue weighted by Crippen LogP contribution is 2.45. The van der Waals surface area contributed by atoms with Crippen molar-refractivity contribution in [1.29, 1.82) is 0 Å². The lowest BCUT2D eigenvalue weighted by molar-refractivity contribution is -0.0189. The van der Waals surface area contributed by atoms with Gasteiger partial charge >= 0.3 is 5.97 Å². The van der Waals surface area contributed by atoms with Crippen LogP contribution in [0.25, 0.3) is 0 Å². The summed E-state index contributed by atoms with van der Waals surface area (Å²) in [7, 11) is 0. The molecule has 0 spiro atoms. The monoisotopic (exact) mass is 442 g/mol. The van der Waals surface area contributed by atoms with Gasteiger partial charge in [0.1, 0.15) is 34.9 Å². The molecule has 0 fully saturated rings. The highest BCUT2D eigenvalue weighted by Gasteiger charge is 2.37. The summed E-state index contributed by atoms with van der Waals surface area (Å²) < 4.78 is 11.3. The van der Waals surface area contributed by atoms with Gasteiger partial charge in [0, 0.05) is 35.7 Å². The van der Waals surface area contributed by atoms with Gasteiger partial charge in [-0.25, -0.2) is 4.79 Å². The van der Waals surface area contributed by atoms with Gasteiger partial charge in [-0.05, 0) is 24.3 Å². The van der Waals surface area contributed by atoms with Gasteiger partial charge in [0.05, 0.1) is 5.56 Å². The number of hydrogen-bond donors (Lipinski definition) is 7. The molecule has 10 nitrogen and oxygen atoms in total. The van der Waals surface area contributed by atoms with Crippen molar-refractivity contribution in [2.45, 2.75) is 18.6 Å². The van der Waals surface area contributed by atoms with E-state index in [-0.39, 0.29) is 51.9 Å². The first-order valence-corrected chi connectivity index (χ1v) is 9.32. The topological polar surface area (TPSA) is 177 Å². The lowest BCUT2D eigenvalue weighted by atomic mass is 9.93. The molecule has 0 aromatic heterocycles. The molecule has 2 atom stereocenters. The number of rotatable bonds is 3. The Hall–Kier alpha value is -4.47. The molecular formula is C22H18O10. The smallest absolute Gasteiger partial charge is 0.338 e. The lowest BCUT2D eigenvalue weighted by Crippen LogP contribution is -2.34. The Morgan fingerprint density at radius 1 is 0.781 bits per heavy atom. The van der Waals surface area contributed by atoms with Gasteiger partial charge in [0.25, 0.3) is 0 Å². The summed E-state index contributed by atoms with van der Waals surface area (Å²) in [6, 6.07) is 7.75. The van der Waals surface area contributed by atoms with E-state index in [1.807, 2.05) is 0 Å². The van der Waals surface area contributed by atoms with Gasteiger partial charge in [0.2, 0.25) is 0 Å². The molecule has 1 heterocycles. The second-order valence-corrected chi connectivity index (χ2v) is 7.27. The van der Waals surface area contributed by atoms with Crippen molar-refractivity contribution < 1.29 is 50.0 Å². The first-order valence-electron chi connectivity index (χ1n) is 9.32. The predicted octanol–water partition coefficient (Wildman–Crippen LogP) is 2.53. The molecule has 0 saturated carbocycles. The van der Waals surface area contributed by atoms with Crippen LogP contribution in [-0.4, -0.2) is 47.8 Å². The lowest BCUT2D eigenvalue weighted by Gasteiger charge is -2.34. The van der Waals surface area contributed by atoms with E-state index < -0.39 is 35.4 Å². The molecule has 3 aromatic carbocycles. The molecule has 1 aliphatic rings. The zero-order valence-corrected chi connectivity index (χ0v) is 16.3. The van der Waals surface area contributed by atoms with Crippen LogP contribution in [0.3, 0.4) is 0 Å². The number of phenolic OH excluding ortho intramolecular Hbond substituents is 7. The van der Waals surface area contributed by atoms with Crippen molar-refractivity contribution in [3.63, 3.8) is 0 Å². The number of fused-ring (bicyclic) bond motifs is 1. The molecule has 0 saturated heterocycles. The molecule has 166 valence electrons. The maximum atomic E-state index is 12.7. The van der Waals surface area contributed by atoms with Crippen LogP contribution in [-0.2, 0) is 11.2 Å². The van der Waals surface area contributed by atoms with Crippen LogP contribution in [0, 0.1) is 0 Å². The fourth-order valence-corrected chi connectivity index (χ4v) is 3.54. The van der Waals surface area contributed by atoms with E-state index in [1.165, 1.54) is 6.07 Å². The van der Waals surface area contributed by atoms with Crippen molar-refractivity contribution in [1.82, 2.24) is 0 Å². The van der Waals surface area contributed by atoms with Gasteiger partial charge in [-0.15, -0.1) is 0 Å². The summed E-state index contributed by atoms with van der Waals surface area (Å²) in [5, 5.41) is 68.7. The molecule has 0 bridgehead atoms. The predicted molar refractivity (Wildman–Crippen MR) is 107 cm³/mol. The number of phenols is 7. The normalized spacial score (nSPS) is 17.2. The standard InChI is InChI=1S/C22H18O10/c23-11-1-10(2-12(24)5-11)22(30)32-19-8-14-15(26)6-13(25)7-18(14)31-21(19)9-3-16(27)20(29)17(28)4-9/h1-7,19,21,23-29H,8H2/t19-,21-/m1/s1. The summed E-state index contributed by atoms with van der Waals surface area (Å²) in [5.74, 6) is -4.17. The van der Waals surface area contributed by atoms with Crippen LogP contribution < -0.4 is 4.74 Å². The number of carbonyl (C=O) groups is 1. The van der Waals surface area contributed by atoms with E-state index >= 15 is 0 Å². The Morgan fingerprint density at radius 2 is 1.38 bits per heavy atom. The molecule has 10 heteroatoms. The van der Waals surface area contributed by atoms with Crippen molar-refractivity contribution in [2.75, 3.05) is 0 Å². The highest BCUT2D eigenvalue weighted by atomic mass is 16.6. The van der Waals surface area contributed by atoms with Crippen LogP contribution >= 0.6 is 0 Å². The molecule has 0 aliphatic carbocycles. The summed E-state index contributed by atoms with van der Waals surface area (Å²) in [4.78, 5) is 12.7. The van der Waals surface area contributed by atoms with Crippen LogP contribution in [0.4, 0.5) is 0 Å². The zero-order valence-electron chi connectivity index (χ0n) is 16.3. The van der Waals surface area contributed by atoms with Gasteiger partial charge < -0.3 is 45.2 Å². The second-order valence-electron chi connectivity index (χ2n) is 7.27. The van der Waals surface area contributed by atoms with Crippen LogP contribution in [0.2, 0.25) is 0 Å². The van der Waals surface area contributed by atoms with Crippen molar-refractivity contribution >= 4 is 5.97 Å². The number of carbonyl (C=O) groups excluding carboxylic acids is 1. The molecule has 32 heavy (non-hydrogen) atoms. The van der Waals surface area contributed by atoms with Gasteiger partial charge in [-0.3, -0.25) is 0 Å². The van der Waals surface area contributed by atoms with E-state index in [1.54, 1.807) is 0 Å². The molecule has 0 unspecified atom stereocenters. The minimum atomic E-state index is -1.13. The maximum Gasteiger partial charge on any atom is 0.338 e. The van der Waals surface area contributed by atoms with E-state index in [0.29, 0.717) is 0 Å². The van der Waals surface area contributed by atoms with Gasteiger partial charge in [-0.1, -0.05) is 0 Å². The first-order chi connectivity index (χ1) is 15.1. The number of hydrogen-bond acceptors (Lipinski definition) is 10. The summed E-state index contributed by atoms with van der Waals surface area (Å²) in [6.45, 7) is 0. The third-order valence-electron chi connectivity index (χ3n) is 4.98. The average molecular weight is 442 g/mol. The molecule has 1 aliphatic heterocycles. The Labute approximate surface area is 180 Å². The molecule has 7 N–H and O–H groups in total. The third-order valence-corrected chi connectivity index (χ3v) is 4.98. The summed E-state index contributed by atoms with van der Waals surface area (Å²) >= 11 is 0. The number of benzene rings is 3. The molecule has 0 radical (unpaired) electrons. The molecule has 0 amide bonds. The second kappa shape index (κ2) is 7.65. The summed E-state index contributed by atoms with van der Waals surface area (Å²) in [5.41, 5.74) is 0.212. The molecular weight excluding hydrogens is 424 g/mol. The number of aromatic hydroxyl groups is 7. The fraction of sp³-hybridized carbons (Fsp3) is 0.136. The molecule has 4 rings (SSSR count). The van der Waals surface area contributed by atoms with E-state index in [0.717, 1.165) is 36.4 Å². The van der Waals surface area contributed by atoms with Crippen molar-refractivity contribution in [3.05, 3.63) is 59.2 Å². The van der Waals surface area contributed by atoms with E-state index in [9.17, 15) is 40.5 Å². The van der Waals surface area contributed by atoms with Crippen molar-refractivity contribution in [2.24, 2.45) is 0 Å². The minimum absolute atomic E-state index is 0.0783. The first kappa shape index (κ1) is 20.8. The summed E-state index contributed by atoms with van der Waals surface area (Å²) in [6.07, 6.45) is -2.32. The van der Waals surface area contributed by atoms with Gasteiger partial charge in [0.15, 0.2) is 23.4 Å².